The van der Waals surface area contributed by atoms with E-state index in [9.17, 15) is 9.90 Å². The fraction of sp³-hybridized carbons (Fsp3) is 0.741. The minimum absolute atomic E-state index is 0.219. The molecular weight excluding hydrogens is 356 g/mol. The number of hydrogen-bond acceptors (Lipinski definition) is 2. The molecule has 2 heteroatoms. The van der Waals surface area contributed by atoms with Gasteiger partial charge in [0.05, 0.1) is 5.60 Å². The van der Waals surface area contributed by atoms with Crippen molar-refractivity contribution in [2.75, 3.05) is 0 Å². The molecule has 1 aromatic rings. The van der Waals surface area contributed by atoms with E-state index < -0.39 is 5.60 Å². The maximum Gasteiger partial charge on any atom is 0.165 e. The highest BCUT2D eigenvalue weighted by atomic mass is 16.3. The number of carbonyl (C=O) groups is 1. The van der Waals surface area contributed by atoms with E-state index in [0.717, 1.165) is 60.8 Å². The van der Waals surface area contributed by atoms with E-state index in [1.54, 1.807) is 0 Å². The van der Waals surface area contributed by atoms with Gasteiger partial charge in [0.25, 0.3) is 0 Å². The summed E-state index contributed by atoms with van der Waals surface area (Å²) in [7, 11) is 0. The van der Waals surface area contributed by atoms with Crippen LogP contribution in [-0.4, -0.2) is 16.5 Å². The molecule has 0 unspecified atom stereocenters. The molecule has 4 aliphatic carbocycles. The summed E-state index contributed by atoms with van der Waals surface area (Å²) in [6.07, 6.45) is 12.0. The number of Topliss-reactive ketones (excluding diaryl/α,β-unsaturated/α-hetero) is 1. The van der Waals surface area contributed by atoms with Crippen LogP contribution in [0, 0.1) is 40.9 Å². The molecule has 0 spiro atoms. The van der Waals surface area contributed by atoms with Crippen molar-refractivity contribution < 1.29 is 9.90 Å². The molecule has 5 rings (SSSR count). The van der Waals surface area contributed by atoms with Crippen LogP contribution in [0.15, 0.2) is 30.3 Å². The Balaban J connectivity index is 1.31. The third-order valence-electron chi connectivity index (χ3n) is 9.72. The van der Waals surface area contributed by atoms with Crippen LogP contribution in [0.25, 0.3) is 0 Å². The van der Waals surface area contributed by atoms with Gasteiger partial charge in [0.2, 0.25) is 0 Å². The molecule has 4 saturated carbocycles. The van der Waals surface area contributed by atoms with Gasteiger partial charge in [-0.05, 0) is 106 Å². The van der Waals surface area contributed by atoms with Gasteiger partial charge in [0, 0.05) is 11.5 Å². The Bertz CT molecular complexity index is 753. The summed E-state index contributed by atoms with van der Waals surface area (Å²) in [5.74, 6) is 4.75. The highest BCUT2D eigenvalue weighted by Crippen LogP contribution is 2.62. The Labute approximate surface area is 176 Å². The van der Waals surface area contributed by atoms with Crippen molar-refractivity contribution in [2.45, 2.75) is 83.7 Å². The van der Waals surface area contributed by atoms with E-state index >= 15 is 0 Å². The molecule has 0 amide bonds. The van der Waals surface area contributed by atoms with Crippen LogP contribution in [0.1, 0.15) is 88.4 Å². The summed E-state index contributed by atoms with van der Waals surface area (Å²) >= 11 is 0. The third kappa shape index (κ3) is 3.50. The van der Waals surface area contributed by atoms with Crippen LogP contribution < -0.4 is 0 Å². The second kappa shape index (κ2) is 7.22. The Hall–Kier alpha value is -1.15. The zero-order valence-corrected chi connectivity index (χ0v) is 18.3. The topological polar surface area (TPSA) is 37.3 Å². The van der Waals surface area contributed by atoms with Crippen molar-refractivity contribution in [2.24, 2.45) is 40.9 Å². The number of ketones is 1. The monoisotopic (exact) mass is 394 g/mol. The average Bonchev–Trinajstić information content (AvgIpc) is 2.71. The van der Waals surface area contributed by atoms with Gasteiger partial charge in [-0.25, -0.2) is 0 Å². The maximum absolute atomic E-state index is 13.1. The van der Waals surface area contributed by atoms with Crippen molar-refractivity contribution in [3.05, 3.63) is 35.9 Å². The Morgan fingerprint density at radius 2 is 1.62 bits per heavy atom. The van der Waals surface area contributed by atoms with Crippen LogP contribution in [-0.2, 0) is 0 Å². The normalized spacial score (nSPS) is 46.9. The largest absolute Gasteiger partial charge is 0.390 e. The van der Waals surface area contributed by atoms with E-state index in [0.29, 0.717) is 11.2 Å². The van der Waals surface area contributed by atoms with Crippen LogP contribution in [0.3, 0.4) is 0 Å². The van der Waals surface area contributed by atoms with Crippen molar-refractivity contribution in [3.63, 3.8) is 0 Å². The Morgan fingerprint density at radius 3 is 2.41 bits per heavy atom. The number of benzene rings is 1. The molecule has 0 aliphatic heterocycles. The summed E-state index contributed by atoms with van der Waals surface area (Å²) in [4.78, 5) is 13.1. The molecule has 1 aromatic carbocycles. The van der Waals surface area contributed by atoms with Crippen molar-refractivity contribution in [1.29, 1.82) is 0 Å². The number of fused-ring (bicyclic) bond motifs is 5. The van der Waals surface area contributed by atoms with Gasteiger partial charge in [0.15, 0.2) is 5.78 Å². The highest BCUT2D eigenvalue weighted by molar-refractivity contribution is 5.97. The van der Waals surface area contributed by atoms with E-state index in [2.05, 4.69) is 13.8 Å². The summed E-state index contributed by atoms with van der Waals surface area (Å²) in [5.41, 5.74) is 0.831. The molecule has 8 atom stereocenters. The first-order valence-corrected chi connectivity index (χ1v) is 12.2. The highest BCUT2D eigenvalue weighted by Gasteiger charge is 2.55. The first kappa shape index (κ1) is 19.8. The maximum atomic E-state index is 13.1. The third-order valence-corrected chi connectivity index (χ3v) is 9.72. The summed E-state index contributed by atoms with van der Waals surface area (Å²) < 4.78 is 0. The van der Waals surface area contributed by atoms with Crippen molar-refractivity contribution in [3.8, 4) is 0 Å². The Kier molecular flexibility index (Phi) is 4.93. The minimum Gasteiger partial charge on any atom is -0.390 e. The van der Waals surface area contributed by atoms with Crippen LogP contribution in [0.5, 0.6) is 0 Å². The second-order valence-electron chi connectivity index (χ2n) is 11.6. The van der Waals surface area contributed by atoms with Crippen LogP contribution in [0.4, 0.5) is 0 Å². The van der Waals surface area contributed by atoms with Gasteiger partial charge in [-0.15, -0.1) is 0 Å². The lowest BCUT2D eigenvalue weighted by Crippen LogP contribution is -2.52. The molecule has 29 heavy (non-hydrogen) atoms. The van der Waals surface area contributed by atoms with Crippen molar-refractivity contribution in [1.82, 2.24) is 0 Å². The van der Waals surface area contributed by atoms with E-state index in [4.69, 9.17) is 0 Å². The molecule has 0 heterocycles. The zero-order valence-electron chi connectivity index (χ0n) is 18.3. The molecule has 4 fully saturated rings. The molecule has 0 saturated heterocycles. The molecule has 0 radical (unpaired) electrons. The first-order valence-electron chi connectivity index (χ1n) is 12.2. The molecule has 1 N–H and O–H groups in total. The van der Waals surface area contributed by atoms with Gasteiger partial charge in [-0.3, -0.25) is 4.79 Å². The second-order valence-corrected chi connectivity index (χ2v) is 11.6. The van der Waals surface area contributed by atoms with Gasteiger partial charge in [-0.1, -0.05) is 37.3 Å². The first-order chi connectivity index (χ1) is 13.9. The smallest absolute Gasteiger partial charge is 0.165 e. The molecule has 158 valence electrons. The Morgan fingerprint density at radius 1 is 0.862 bits per heavy atom. The molecule has 2 nitrogen and oxygen atoms in total. The van der Waals surface area contributed by atoms with Gasteiger partial charge < -0.3 is 5.11 Å². The van der Waals surface area contributed by atoms with Gasteiger partial charge in [0.1, 0.15) is 0 Å². The van der Waals surface area contributed by atoms with Crippen molar-refractivity contribution >= 4 is 5.78 Å². The van der Waals surface area contributed by atoms with Crippen LogP contribution >= 0.6 is 0 Å². The lowest BCUT2D eigenvalue weighted by atomic mass is 9.46. The summed E-state index contributed by atoms with van der Waals surface area (Å²) in [5, 5.41) is 10.6. The molecular formula is C27H38O2. The summed E-state index contributed by atoms with van der Waals surface area (Å²) in [6.45, 7) is 4.56. The number of aliphatic hydroxyl groups is 1. The number of rotatable bonds is 2. The number of carbonyl (C=O) groups excluding carboxylic acids is 1. The minimum atomic E-state index is -0.424. The van der Waals surface area contributed by atoms with Gasteiger partial charge >= 0.3 is 0 Å². The van der Waals surface area contributed by atoms with E-state index in [-0.39, 0.29) is 5.92 Å². The molecule has 4 aliphatic rings. The fourth-order valence-corrected chi connectivity index (χ4v) is 8.40. The van der Waals surface area contributed by atoms with E-state index in [1.165, 1.54) is 38.5 Å². The summed E-state index contributed by atoms with van der Waals surface area (Å²) in [6, 6.07) is 9.97. The quantitative estimate of drug-likeness (QED) is 0.599. The number of hydrogen-bond donors (Lipinski definition) is 1. The molecule has 0 bridgehead atoms. The standard InChI is InChI=1S/C27H38O2/c1-26-14-12-22-21-13-15-27(2,29)17-19(21)8-10-23(22)24(26)11-9-20(16-26)25(28)18-6-4-3-5-7-18/h3-7,19-24,29H,8-17H2,1-2H3/t19-,20+,21+,22-,23-,24+,26-,27-/m1/s1. The van der Waals surface area contributed by atoms with Crippen LogP contribution in [0.2, 0.25) is 0 Å². The fourth-order valence-electron chi connectivity index (χ4n) is 8.40. The SMILES string of the molecule is C[C@@]1(O)CC[C@H]2[C@H](CC[C@@H]3[C@@H]2CC[C@]2(C)C[C@@H](C(=O)c4ccccc4)CC[C@@H]32)C1. The van der Waals surface area contributed by atoms with Gasteiger partial charge in [-0.2, -0.15) is 0 Å². The predicted octanol–water partition coefficient (Wildman–Crippen LogP) is 6.28. The van der Waals surface area contributed by atoms with E-state index in [1.807, 2.05) is 30.3 Å². The molecule has 0 aromatic heterocycles. The zero-order chi connectivity index (χ0) is 20.2. The predicted molar refractivity (Wildman–Crippen MR) is 117 cm³/mol. The average molecular weight is 395 g/mol. The lowest BCUT2D eigenvalue weighted by Gasteiger charge is -2.59. The lowest BCUT2D eigenvalue weighted by molar-refractivity contribution is -0.114.